The molecule has 26 heavy (non-hydrogen) atoms. The van der Waals surface area contributed by atoms with E-state index in [-0.39, 0.29) is 49.1 Å². The minimum absolute atomic E-state index is 0. The van der Waals surface area contributed by atoms with E-state index in [0.29, 0.717) is 32.1 Å². The molecule has 2 amide bonds. The van der Waals surface area contributed by atoms with Gasteiger partial charge in [0.2, 0.25) is 11.8 Å². The highest BCUT2D eigenvalue weighted by atomic mass is 35.5. The van der Waals surface area contributed by atoms with Gasteiger partial charge in [-0.3, -0.25) is 9.59 Å². The van der Waals surface area contributed by atoms with Gasteiger partial charge in [0.05, 0.1) is 19.1 Å². The number of nitrogens with one attached hydrogen (secondary N) is 2. The highest BCUT2D eigenvalue weighted by Gasteiger charge is 2.28. The summed E-state index contributed by atoms with van der Waals surface area (Å²) in [5, 5.41) is 5.90. The SMILES string of the molecule is COCCNCC(=O)N1CCCC(C(=O)Nc2cccc(C)n2)C1.Cl.Cl. The Morgan fingerprint density at radius 2 is 2.12 bits per heavy atom. The van der Waals surface area contributed by atoms with Crippen molar-refractivity contribution in [2.75, 3.05) is 45.2 Å². The largest absolute Gasteiger partial charge is 0.383 e. The molecule has 0 saturated carbocycles. The topological polar surface area (TPSA) is 83.6 Å². The number of methoxy groups -OCH3 is 1. The third-order valence-electron chi connectivity index (χ3n) is 4.04. The average molecular weight is 407 g/mol. The van der Waals surface area contributed by atoms with Crippen molar-refractivity contribution in [1.82, 2.24) is 15.2 Å². The Labute approximate surface area is 167 Å². The fourth-order valence-electron chi connectivity index (χ4n) is 2.74. The minimum Gasteiger partial charge on any atom is -0.383 e. The summed E-state index contributed by atoms with van der Waals surface area (Å²) in [6.45, 7) is 4.53. The monoisotopic (exact) mass is 406 g/mol. The lowest BCUT2D eigenvalue weighted by Crippen LogP contribution is -2.47. The Kier molecular flexibility index (Phi) is 12.2. The lowest BCUT2D eigenvalue weighted by atomic mass is 9.97. The van der Waals surface area contributed by atoms with Gasteiger partial charge in [-0.1, -0.05) is 6.07 Å². The van der Waals surface area contributed by atoms with Crippen LogP contribution in [0.2, 0.25) is 0 Å². The van der Waals surface area contributed by atoms with Crippen molar-refractivity contribution in [1.29, 1.82) is 0 Å². The van der Waals surface area contributed by atoms with Crippen molar-refractivity contribution >= 4 is 42.4 Å². The van der Waals surface area contributed by atoms with E-state index in [1.165, 1.54) is 0 Å². The Morgan fingerprint density at radius 1 is 1.35 bits per heavy atom. The zero-order valence-corrected chi connectivity index (χ0v) is 16.8. The molecule has 7 nitrogen and oxygen atoms in total. The lowest BCUT2D eigenvalue weighted by Gasteiger charge is -2.32. The van der Waals surface area contributed by atoms with Crippen molar-refractivity contribution in [2.45, 2.75) is 19.8 Å². The number of amides is 2. The molecule has 0 aromatic carbocycles. The van der Waals surface area contributed by atoms with Gasteiger partial charge in [-0.2, -0.15) is 0 Å². The summed E-state index contributed by atoms with van der Waals surface area (Å²) in [6.07, 6.45) is 1.63. The number of aromatic nitrogens is 1. The highest BCUT2D eigenvalue weighted by molar-refractivity contribution is 5.92. The Morgan fingerprint density at radius 3 is 2.81 bits per heavy atom. The zero-order valence-electron chi connectivity index (χ0n) is 15.2. The fourth-order valence-corrected chi connectivity index (χ4v) is 2.74. The molecule has 0 spiro atoms. The lowest BCUT2D eigenvalue weighted by molar-refractivity contribution is -0.133. The summed E-state index contributed by atoms with van der Waals surface area (Å²) in [5.41, 5.74) is 0.857. The quantitative estimate of drug-likeness (QED) is 0.672. The zero-order chi connectivity index (χ0) is 17.4. The van der Waals surface area contributed by atoms with Gasteiger partial charge < -0.3 is 20.3 Å². The predicted octanol–water partition coefficient (Wildman–Crippen LogP) is 1.65. The maximum Gasteiger partial charge on any atom is 0.236 e. The first-order chi connectivity index (χ1) is 11.6. The summed E-state index contributed by atoms with van der Waals surface area (Å²) >= 11 is 0. The number of anilines is 1. The van der Waals surface area contributed by atoms with Crippen molar-refractivity contribution in [3.8, 4) is 0 Å². The number of nitrogens with zero attached hydrogens (tertiary/aromatic N) is 2. The van der Waals surface area contributed by atoms with Gasteiger partial charge in [-0.25, -0.2) is 4.98 Å². The van der Waals surface area contributed by atoms with Crippen molar-refractivity contribution in [2.24, 2.45) is 5.92 Å². The molecule has 2 heterocycles. The van der Waals surface area contributed by atoms with Gasteiger partial charge in [-0.15, -0.1) is 24.8 Å². The number of halogens is 2. The number of rotatable bonds is 7. The second kappa shape index (κ2) is 12.9. The standard InChI is InChI=1S/C17H26N4O3.2ClH/c1-13-5-3-7-15(19-13)20-17(23)14-6-4-9-21(12-14)16(22)11-18-8-10-24-2;;/h3,5,7,14,18H,4,6,8-12H2,1-2H3,(H,19,20,23);2*1H. The van der Waals surface area contributed by atoms with Gasteiger partial charge in [-0.05, 0) is 31.9 Å². The molecule has 148 valence electrons. The third-order valence-corrected chi connectivity index (χ3v) is 4.04. The van der Waals surface area contributed by atoms with Crippen molar-refractivity contribution < 1.29 is 14.3 Å². The van der Waals surface area contributed by atoms with Crippen LogP contribution >= 0.6 is 24.8 Å². The van der Waals surface area contributed by atoms with Gasteiger partial charge in [0.15, 0.2) is 0 Å². The smallest absolute Gasteiger partial charge is 0.236 e. The van der Waals surface area contributed by atoms with Crippen LogP contribution in [0.25, 0.3) is 0 Å². The molecule has 1 aliphatic heterocycles. The van der Waals surface area contributed by atoms with Crippen LogP contribution in [-0.2, 0) is 14.3 Å². The molecular weight excluding hydrogens is 379 g/mol. The van der Waals surface area contributed by atoms with E-state index in [1.807, 2.05) is 19.1 Å². The van der Waals surface area contributed by atoms with Crippen molar-refractivity contribution in [3.05, 3.63) is 23.9 Å². The predicted molar refractivity (Wildman–Crippen MR) is 106 cm³/mol. The van der Waals surface area contributed by atoms with E-state index in [1.54, 1.807) is 18.1 Å². The van der Waals surface area contributed by atoms with Crippen LogP contribution in [0.1, 0.15) is 18.5 Å². The normalized spacial score (nSPS) is 16.2. The van der Waals surface area contributed by atoms with Crippen LogP contribution < -0.4 is 10.6 Å². The molecule has 1 unspecified atom stereocenters. The van der Waals surface area contributed by atoms with E-state index in [9.17, 15) is 9.59 Å². The Balaban J connectivity index is 0.00000312. The first kappa shape index (κ1) is 24.6. The molecule has 9 heteroatoms. The maximum absolute atomic E-state index is 12.4. The van der Waals surface area contributed by atoms with Crippen LogP contribution in [0, 0.1) is 12.8 Å². The molecule has 1 saturated heterocycles. The molecule has 1 aliphatic rings. The first-order valence-corrected chi connectivity index (χ1v) is 8.32. The maximum atomic E-state index is 12.4. The van der Waals surface area contributed by atoms with Crippen LogP contribution in [0.4, 0.5) is 5.82 Å². The summed E-state index contributed by atoms with van der Waals surface area (Å²) in [7, 11) is 1.63. The fraction of sp³-hybridized carbons (Fsp3) is 0.588. The van der Waals surface area contributed by atoms with Crippen LogP contribution in [-0.4, -0.2) is 61.6 Å². The number of aryl methyl sites for hydroxylation is 1. The number of pyridine rings is 1. The number of likely N-dealkylation sites (tertiary alicyclic amines) is 1. The van der Waals surface area contributed by atoms with E-state index in [2.05, 4.69) is 15.6 Å². The molecule has 1 aromatic heterocycles. The average Bonchev–Trinajstić information content (AvgIpc) is 2.58. The number of hydrogen-bond acceptors (Lipinski definition) is 5. The Bertz CT molecular complexity index is 575. The third kappa shape index (κ3) is 7.86. The number of carbonyl (C=O) groups excluding carboxylic acids is 2. The molecule has 0 aliphatic carbocycles. The molecular formula is C17H28Cl2N4O3. The van der Waals surface area contributed by atoms with Gasteiger partial charge >= 0.3 is 0 Å². The van der Waals surface area contributed by atoms with E-state index >= 15 is 0 Å². The summed E-state index contributed by atoms with van der Waals surface area (Å²) in [6, 6.07) is 5.52. The second-order valence-electron chi connectivity index (χ2n) is 6.00. The molecule has 1 atom stereocenters. The summed E-state index contributed by atoms with van der Waals surface area (Å²) in [4.78, 5) is 30.7. The molecule has 1 fully saturated rings. The molecule has 2 N–H and O–H groups in total. The molecule has 1 aromatic rings. The van der Waals surface area contributed by atoms with E-state index in [4.69, 9.17) is 4.74 Å². The second-order valence-corrected chi connectivity index (χ2v) is 6.00. The van der Waals surface area contributed by atoms with Crippen LogP contribution in [0.3, 0.4) is 0 Å². The summed E-state index contributed by atoms with van der Waals surface area (Å²) in [5.74, 6) is 0.323. The van der Waals surface area contributed by atoms with E-state index in [0.717, 1.165) is 18.5 Å². The Hall–Kier alpha value is -1.41. The van der Waals surface area contributed by atoms with Crippen LogP contribution in [0.15, 0.2) is 18.2 Å². The molecule has 0 radical (unpaired) electrons. The molecule has 2 rings (SSSR count). The first-order valence-electron chi connectivity index (χ1n) is 8.32. The number of ether oxygens (including phenoxy) is 1. The minimum atomic E-state index is -0.191. The number of piperidine rings is 1. The van der Waals surface area contributed by atoms with E-state index < -0.39 is 0 Å². The number of hydrogen-bond donors (Lipinski definition) is 2. The van der Waals surface area contributed by atoms with Gasteiger partial charge in [0.1, 0.15) is 5.82 Å². The van der Waals surface area contributed by atoms with Gasteiger partial charge in [0, 0.05) is 32.4 Å². The highest BCUT2D eigenvalue weighted by Crippen LogP contribution is 2.18. The molecule has 0 bridgehead atoms. The number of carbonyl (C=O) groups is 2. The van der Waals surface area contributed by atoms with Gasteiger partial charge in [0.25, 0.3) is 0 Å². The summed E-state index contributed by atoms with van der Waals surface area (Å²) < 4.78 is 4.94. The van der Waals surface area contributed by atoms with Crippen molar-refractivity contribution in [3.63, 3.8) is 0 Å². The van der Waals surface area contributed by atoms with Crippen LogP contribution in [0.5, 0.6) is 0 Å².